The van der Waals surface area contributed by atoms with E-state index in [1.165, 1.54) is 0 Å². The zero-order valence-electron chi connectivity index (χ0n) is 11.4. The first-order valence-corrected chi connectivity index (χ1v) is 6.55. The van der Waals surface area contributed by atoms with E-state index in [9.17, 15) is 5.11 Å². The molecule has 0 saturated heterocycles. The molecule has 2 aromatic rings. The lowest BCUT2D eigenvalue weighted by molar-refractivity contribution is 0.0317. The summed E-state index contributed by atoms with van der Waals surface area (Å²) in [5, 5.41) is 17.8. The molecule has 0 amide bonds. The molecule has 104 valence electrons. The highest BCUT2D eigenvalue weighted by molar-refractivity contribution is 5.08. The Hall–Kier alpha value is -1.59. The molecule has 5 nitrogen and oxygen atoms in total. The van der Waals surface area contributed by atoms with Gasteiger partial charge in [-0.25, -0.2) is 0 Å². The van der Waals surface area contributed by atoms with Gasteiger partial charge in [0.1, 0.15) is 11.4 Å². The van der Waals surface area contributed by atoms with E-state index in [0.29, 0.717) is 18.3 Å². The Morgan fingerprint density at radius 1 is 1.53 bits per heavy atom. The first-order chi connectivity index (χ1) is 9.08. The molecule has 0 aliphatic heterocycles. The lowest BCUT2D eigenvalue weighted by atomic mass is 10.0. The largest absolute Gasteiger partial charge is 0.466 e. The second-order valence-corrected chi connectivity index (χ2v) is 5.09. The van der Waals surface area contributed by atoms with Crippen molar-refractivity contribution in [1.82, 2.24) is 15.1 Å². The highest BCUT2D eigenvalue weighted by Gasteiger charge is 2.26. The molecule has 0 aliphatic carbocycles. The molecular formula is C14H21N3O2. The van der Waals surface area contributed by atoms with Crippen molar-refractivity contribution in [3.05, 3.63) is 42.6 Å². The first-order valence-electron chi connectivity index (χ1n) is 6.55. The Kier molecular flexibility index (Phi) is 4.39. The number of rotatable bonds is 7. The van der Waals surface area contributed by atoms with Gasteiger partial charge in [-0.2, -0.15) is 5.10 Å². The SMILES string of the molecule is CC(CCn1cccn1)NCC(C)(O)c1ccco1. The normalized spacial score (nSPS) is 16.2. The summed E-state index contributed by atoms with van der Waals surface area (Å²) in [6, 6.07) is 5.78. The Labute approximate surface area is 113 Å². The quantitative estimate of drug-likeness (QED) is 0.799. The third-order valence-corrected chi connectivity index (χ3v) is 3.20. The highest BCUT2D eigenvalue weighted by Crippen LogP contribution is 2.20. The average molecular weight is 263 g/mol. The topological polar surface area (TPSA) is 63.2 Å². The van der Waals surface area contributed by atoms with Gasteiger partial charge in [0.15, 0.2) is 0 Å². The number of furan rings is 1. The molecule has 5 heteroatoms. The molecule has 0 fully saturated rings. The molecule has 0 aliphatic rings. The lowest BCUT2D eigenvalue weighted by Crippen LogP contribution is -2.39. The summed E-state index contributed by atoms with van der Waals surface area (Å²) in [7, 11) is 0. The van der Waals surface area contributed by atoms with Gasteiger partial charge in [-0.1, -0.05) is 0 Å². The predicted octanol–water partition coefficient (Wildman–Crippen LogP) is 1.75. The Balaban J connectivity index is 1.75. The average Bonchev–Trinajstić information content (AvgIpc) is 3.06. The summed E-state index contributed by atoms with van der Waals surface area (Å²) in [5.74, 6) is 0.583. The van der Waals surface area contributed by atoms with Crippen molar-refractivity contribution in [3.63, 3.8) is 0 Å². The van der Waals surface area contributed by atoms with Crippen LogP contribution in [0.3, 0.4) is 0 Å². The molecule has 2 unspecified atom stereocenters. The summed E-state index contributed by atoms with van der Waals surface area (Å²) in [4.78, 5) is 0. The molecule has 19 heavy (non-hydrogen) atoms. The molecule has 2 N–H and O–H groups in total. The van der Waals surface area contributed by atoms with Crippen LogP contribution in [0.1, 0.15) is 26.0 Å². The maximum Gasteiger partial charge on any atom is 0.136 e. The number of hydrogen-bond acceptors (Lipinski definition) is 4. The summed E-state index contributed by atoms with van der Waals surface area (Å²) in [5.41, 5.74) is -0.983. The predicted molar refractivity (Wildman–Crippen MR) is 72.6 cm³/mol. The van der Waals surface area contributed by atoms with E-state index >= 15 is 0 Å². The molecule has 0 aromatic carbocycles. The highest BCUT2D eigenvalue weighted by atomic mass is 16.4. The zero-order valence-corrected chi connectivity index (χ0v) is 11.4. The van der Waals surface area contributed by atoms with E-state index in [1.807, 2.05) is 16.9 Å². The van der Waals surface area contributed by atoms with E-state index in [0.717, 1.165) is 13.0 Å². The minimum atomic E-state index is -0.983. The van der Waals surface area contributed by atoms with E-state index in [4.69, 9.17) is 4.42 Å². The molecule has 2 heterocycles. The van der Waals surface area contributed by atoms with Gasteiger partial charge in [-0.05, 0) is 38.5 Å². The molecular weight excluding hydrogens is 242 g/mol. The Morgan fingerprint density at radius 3 is 3.00 bits per heavy atom. The van der Waals surface area contributed by atoms with E-state index in [1.54, 1.807) is 31.5 Å². The van der Waals surface area contributed by atoms with E-state index < -0.39 is 5.60 Å². The van der Waals surface area contributed by atoms with Crippen molar-refractivity contribution < 1.29 is 9.52 Å². The third-order valence-electron chi connectivity index (χ3n) is 3.20. The van der Waals surface area contributed by atoms with E-state index in [-0.39, 0.29) is 0 Å². The minimum Gasteiger partial charge on any atom is -0.466 e. The van der Waals surface area contributed by atoms with Crippen LogP contribution in [-0.4, -0.2) is 27.5 Å². The number of aromatic nitrogens is 2. The van der Waals surface area contributed by atoms with Gasteiger partial charge in [-0.15, -0.1) is 0 Å². The standard InChI is InChI=1S/C14H21N3O2/c1-12(6-9-17-8-4-7-16-17)15-11-14(2,18)13-5-3-10-19-13/h3-5,7-8,10,12,15,18H,6,9,11H2,1-2H3. The van der Waals surface area contributed by atoms with Gasteiger partial charge in [0.25, 0.3) is 0 Å². The van der Waals surface area contributed by atoms with Gasteiger partial charge in [0.05, 0.1) is 6.26 Å². The maximum absolute atomic E-state index is 10.3. The van der Waals surface area contributed by atoms with Gasteiger partial charge >= 0.3 is 0 Å². The van der Waals surface area contributed by atoms with Gasteiger partial charge in [-0.3, -0.25) is 4.68 Å². The van der Waals surface area contributed by atoms with Crippen LogP contribution in [0.5, 0.6) is 0 Å². The van der Waals surface area contributed by atoms with Crippen molar-refractivity contribution in [1.29, 1.82) is 0 Å². The minimum absolute atomic E-state index is 0.297. The smallest absolute Gasteiger partial charge is 0.136 e. The number of nitrogens with zero attached hydrogens (tertiary/aromatic N) is 2. The van der Waals surface area contributed by atoms with Crippen LogP contribution in [0.25, 0.3) is 0 Å². The van der Waals surface area contributed by atoms with Crippen LogP contribution in [0.2, 0.25) is 0 Å². The monoisotopic (exact) mass is 263 g/mol. The summed E-state index contributed by atoms with van der Waals surface area (Å²) in [6.45, 7) is 5.17. The molecule has 2 rings (SSSR count). The fourth-order valence-electron chi connectivity index (χ4n) is 1.91. The van der Waals surface area contributed by atoms with Gasteiger partial charge in [0.2, 0.25) is 0 Å². The second-order valence-electron chi connectivity index (χ2n) is 5.09. The molecule has 0 saturated carbocycles. The van der Waals surface area contributed by atoms with Crippen molar-refractivity contribution in [2.24, 2.45) is 0 Å². The molecule has 2 aromatic heterocycles. The fraction of sp³-hybridized carbons (Fsp3) is 0.500. The van der Waals surface area contributed by atoms with Crippen LogP contribution >= 0.6 is 0 Å². The number of hydrogen-bond donors (Lipinski definition) is 2. The van der Waals surface area contributed by atoms with Gasteiger partial charge < -0.3 is 14.8 Å². The molecule has 0 spiro atoms. The van der Waals surface area contributed by atoms with Crippen molar-refractivity contribution >= 4 is 0 Å². The van der Waals surface area contributed by atoms with Crippen LogP contribution in [0.15, 0.2) is 41.3 Å². The van der Waals surface area contributed by atoms with Crippen LogP contribution in [0.4, 0.5) is 0 Å². The van der Waals surface area contributed by atoms with Crippen molar-refractivity contribution in [3.8, 4) is 0 Å². The fourth-order valence-corrected chi connectivity index (χ4v) is 1.91. The van der Waals surface area contributed by atoms with Crippen LogP contribution < -0.4 is 5.32 Å². The van der Waals surface area contributed by atoms with Crippen molar-refractivity contribution in [2.75, 3.05) is 6.54 Å². The number of aryl methyl sites for hydroxylation is 1. The Morgan fingerprint density at radius 2 is 2.37 bits per heavy atom. The lowest BCUT2D eigenvalue weighted by Gasteiger charge is -2.24. The number of nitrogens with one attached hydrogen (secondary N) is 1. The summed E-state index contributed by atoms with van der Waals surface area (Å²) in [6.07, 6.45) is 6.26. The van der Waals surface area contributed by atoms with E-state index in [2.05, 4.69) is 17.3 Å². The molecule has 0 bridgehead atoms. The zero-order chi connectivity index (χ0) is 13.7. The molecule has 2 atom stereocenters. The third kappa shape index (κ3) is 3.94. The molecule has 0 radical (unpaired) electrons. The Bertz CT molecular complexity index is 463. The number of aliphatic hydroxyl groups is 1. The summed E-state index contributed by atoms with van der Waals surface area (Å²) >= 11 is 0. The van der Waals surface area contributed by atoms with Gasteiger partial charge in [0, 0.05) is 31.5 Å². The summed E-state index contributed by atoms with van der Waals surface area (Å²) < 4.78 is 7.15. The van der Waals surface area contributed by atoms with Crippen LogP contribution in [-0.2, 0) is 12.1 Å². The first kappa shape index (κ1) is 13.8. The van der Waals surface area contributed by atoms with Crippen molar-refractivity contribution in [2.45, 2.75) is 38.5 Å². The second kappa shape index (κ2) is 6.04. The maximum atomic E-state index is 10.3. The van der Waals surface area contributed by atoms with Crippen LogP contribution in [0, 0.1) is 0 Å².